The number of H-pyrrole nitrogens is 1. The molecule has 0 radical (unpaired) electrons. The summed E-state index contributed by atoms with van der Waals surface area (Å²) >= 11 is 0. The van der Waals surface area contributed by atoms with Crippen molar-refractivity contribution in [3.8, 4) is 5.75 Å². The lowest BCUT2D eigenvalue weighted by Crippen LogP contribution is -2.47. The molecule has 1 aromatic heterocycles. The van der Waals surface area contributed by atoms with Crippen LogP contribution in [0.3, 0.4) is 0 Å². The summed E-state index contributed by atoms with van der Waals surface area (Å²) in [4.78, 5) is 16.0. The van der Waals surface area contributed by atoms with E-state index in [0.29, 0.717) is 26.4 Å². The van der Waals surface area contributed by atoms with Gasteiger partial charge in [0.25, 0.3) is 0 Å². The number of esters is 1. The van der Waals surface area contributed by atoms with E-state index < -0.39 is 6.04 Å². The molecule has 152 valence electrons. The Bertz CT molecular complexity index is 983. The van der Waals surface area contributed by atoms with E-state index in [4.69, 9.17) is 14.2 Å². The van der Waals surface area contributed by atoms with Gasteiger partial charge in [0, 0.05) is 36.2 Å². The van der Waals surface area contributed by atoms with Gasteiger partial charge in [0.15, 0.2) is 0 Å². The summed E-state index contributed by atoms with van der Waals surface area (Å²) in [5, 5.41) is 4.32. The van der Waals surface area contributed by atoms with Gasteiger partial charge in [0.2, 0.25) is 0 Å². The van der Waals surface area contributed by atoms with Gasteiger partial charge in [0.05, 0.1) is 13.2 Å². The number of hydrogen-bond donors (Lipinski definition) is 2. The molecular formula is C23H26N2O4. The molecule has 1 aliphatic rings. The fourth-order valence-corrected chi connectivity index (χ4v) is 4.06. The third kappa shape index (κ3) is 3.86. The monoisotopic (exact) mass is 394 g/mol. The van der Waals surface area contributed by atoms with Crippen molar-refractivity contribution in [2.45, 2.75) is 32.0 Å². The van der Waals surface area contributed by atoms with Gasteiger partial charge < -0.3 is 19.2 Å². The minimum Gasteiger partial charge on any atom is -0.488 e. The van der Waals surface area contributed by atoms with Crippen molar-refractivity contribution in [3.63, 3.8) is 0 Å². The van der Waals surface area contributed by atoms with Gasteiger partial charge in [-0.3, -0.25) is 10.1 Å². The van der Waals surface area contributed by atoms with Crippen molar-refractivity contribution in [2.75, 3.05) is 20.3 Å². The molecule has 6 heteroatoms. The first-order chi connectivity index (χ1) is 14.2. The zero-order chi connectivity index (χ0) is 20.2. The fraction of sp³-hybridized carbons (Fsp3) is 0.348. The number of ether oxygens (including phenoxy) is 3. The summed E-state index contributed by atoms with van der Waals surface area (Å²) in [6.45, 7) is 3.62. The van der Waals surface area contributed by atoms with Crippen LogP contribution in [-0.4, -0.2) is 37.3 Å². The average Bonchev–Trinajstić information content (AvgIpc) is 3.13. The number of benzene rings is 2. The van der Waals surface area contributed by atoms with Crippen LogP contribution in [0, 0.1) is 0 Å². The predicted molar refractivity (Wildman–Crippen MR) is 111 cm³/mol. The van der Waals surface area contributed by atoms with Gasteiger partial charge in [-0.2, -0.15) is 0 Å². The van der Waals surface area contributed by atoms with E-state index in [9.17, 15) is 4.79 Å². The molecule has 6 nitrogen and oxygen atoms in total. The first-order valence-electron chi connectivity index (χ1n) is 9.92. The topological polar surface area (TPSA) is 72.6 Å². The molecule has 0 saturated carbocycles. The van der Waals surface area contributed by atoms with Crippen LogP contribution in [0.25, 0.3) is 10.9 Å². The highest BCUT2D eigenvalue weighted by Gasteiger charge is 2.38. The molecular weight excluding hydrogens is 368 g/mol. The van der Waals surface area contributed by atoms with Crippen LogP contribution in [0.4, 0.5) is 0 Å². The fourth-order valence-electron chi connectivity index (χ4n) is 4.06. The molecule has 2 atom stereocenters. The molecule has 2 aromatic carbocycles. The minimum absolute atomic E-state index is 0.168. The summed E-state index contributed by atoms with van der Waals surface area (Å²) in [7, 11) is 1.65. The van der Waals surface area contributed by atoms with Gasteiger partial charge in [0.1, 0.15) is 18.4 Å². The second-order valence-electron chi connectivity index (χ2n) is 7.14. The molecule has 0 amide bonds. The van der Waals surface area contributed by atoms with E-state index in [2.05, 4.69) is 10.3 Å². The van der Waals surface area contributed by atoms with Crippen LogP contribution < -0.4 is 10.1 Å². The van der Waals surface area contributed by atoms with E-state index in [1.807, 2.05) is 55.5 Å². The molecule has 29 heavy (non-hydrogen) atoms. The SMILES string of the molecule is CCOC(=O)C1NCc2[nH]c3cccc(OCc4ccccc4)c3c2C1COC. The van der Waals surface area contributed by atoms with Crippen molar-refractivity contribution in [3.05, 3.63) is 65.4 Å². The lowest BCUT2D eigenvalue weighted by molar-refractivity contribution is -0.147. The molecule has 0 bridgehead atoms. The number of carbonyl (C=O) groups excluding carboxylic acids is 1. The van der Waals surface area contributed by atoms with E-state index in [0.717, 1.165) is 33.5 Å². The Morgan fingerprint density at radius 2 is 1.97 bits per heavy atom. The number of nitrogens with one attached hydrogen (secondary N) is 2. The largest absolute Gasteiger partial charge is 0.488 e. The molecule has 3 aromatic rings. The van der Waals surface area contributed by atoms with Crippen LogP contribution >= 0.6 is 0 Å². The maximum Gasteiger partial charge on any atom is 0.323 e. The van der Waals surface area contributed by atoms with Crippen molar-refractivity contribution >= 4 is 16.9 Å². The molecule has 2 unspecified atom stereocenters. The van der Waals surface area contributed by atoms with Gasteiger partial charge in [-0.25, -0.2) is 0 Å². The number of methoxy groups -OCH3 is 1. The van der Waals surface area contributed by atoms with Gasteiger partial charge >= 0.3 is 5.97 Å². The molecule has 4 rings (SSSR count). The number of rotatable bonds is 7. The van der Waals surface area contributed by atoms with E-state index >= 15 is 0 Å². The standard InChI is InChI=1S/C23H26N2O4/c1-3-28-23(26)22-16(14-27-2)20-18(12-24-22)25-17-10-7-11-19(21(17)20)29-13-15-8-5-4-6-9-15/h4-11,16,22,24-25H,3,12-14H2,1-2H3. The molecule has 0 spiro atoms. The molecule has 2 heterocycles. The normalized spacial score (nSPS) is 18.4. The summed E-state index contributed by atoms with van der Waals surface area (Å²) in [5.74, 6) is 0.379. The molecule has 0 saturated heterocycles. The van der Waals surface area contributed by atoms with Crippen molar-refractivity contribution < 1.29 is 19.0 Å². The van der Waals surface area contributed by atoms with Crippen molar-refractivity contribution in [2.24, 2.45) is 0 Å². The van der Waals surface area contributed by atoms with Crippen LogP contribution in [0.5, 0.6) is 5.75 Å². The van der Waals surface area contributed by atoms with Crippen LogP contribution in [0.1, 0.15) is 29.7 Å². The van der Waals surface area contributed by atoms with E-state index in [1.165, 1.54) is 0 Å². The van der Waals surface area contributed by atoms with Crippen molar-refractivity contribution in [1.29, 1.82) is 0 Å². The predicted octanol–water partition coefficient (Wildman–Crippen LogP) is 3.51. The second-order valence-corrected chi connectivity index (χ2v) is 7.14. The smallest absolute Gasteiger partial charge is 0.323 e. The Balaban J connectivity index is 1.73. The number of hydrogen-bond acceptors (Lipinski definition) is 5. The summed E-state index contributed by atoms with van der Waals surface area (Å²) in [6, 6.07) is 15.6. The molecule has 2 N–H and O–H groups in total. The van der Waals surface area contributed by atoms with Gasteiger partial charge in [-0.15, -0.1) is 0 Å². The Morgan fingerprint density at radius 3 is 2.72 bits per heavy atom. The highest BCUT2D eigenvalue weighted by molar-refractivity contribution is 5.92. The van der Waals surface area contributed by atoms with Crippen LogP contribution in [-0.2, 0) is 27.4 Å². The van der Waals surface area contributed by atoms with Gasteiger partial charge in [-0.05, 0) is 30.2 Å². The highest BCUT2D eigenvalue weighted by Crippen LogP contribution is 2.40. The second kappa shape index (κ2) is 8.68. The summed E-state index contributed by atoms with van der Waals surface area (Å²) in [6.07, 6.45) is 0. The van der Waals surface area contributed by atoms with Crippen molar-refractivity contribution in [1.82, 2.24) is 10.3 Å². The van der Waals surface area contributed by atoms with E-state index in [1.54, 1.807) is 7.11 Å². The average molecular weight is 394 g/mol. The summed E-state index contributed by atoms with van der Waals surface area (Å²) < 4.78 is 17.0. The maximum absolute atomic E-state index is 12.6. The van der Waals surface area contributed by atoms with Crippen LogP contribution in [0.15, 0.2) is 48.5 Å². The lowest BCUT2D eigenvalue weighted by atomic mass is 9.86. The summed E-state index contributed by atoms with van der Waals surface area (Å²) in [5.41, 5.74) is 4.22. The Kier molecular flexibility index (Phi) is 5.83. The number of aromatic nitrogens is 1. The van der Waals surface area contributed by atoms with E-state index in [-0.39, 0.29) is 11.9 Å². The zero-order valence-electron chi connectivity index (χ0n) is 16.7. The van der Waals surface area contributed by atoms with Gasteiger partial charge in [-0.1, -0.05) is 36.4 Å². The molecule has 0 aliphatic carbocycles. The molecule has 0 fully saturated rings. The zero-order valence-corrected chi connectivity index (χ0v) is 16.7. The quantitative estimate of drug-likeness (QED) is 0.600. The number of aromatic amines is 1. The maximum atomic E-state index is 12.6. The first kappa shape index (κ1) is 19.5. The Morgan fingerprint density at radius 1 is 1.14 bits per heavy atom. The van der Waals surface area contributed by atoms with Crippen LogP contribution in [0.2, 0.25) is 0 Å². The third-order valence-electron chi connectivity index (χ3n) is 5.30. The third-order valence-corrected chi connectivity index (χ3v) is 5.30. The lowest BCUT2D eigenvalue weighted by Gasteiger charge is -2.31. The Hall–Kier alpha value is -2.83. The Labute approximate surface area is 170 Å². The minimum atomic E-state index is -0.455. The highest BCUT2D eigenvalue weighted by atomic mass is 16.5. The first-order valence-corrected chi connectivity index (χ1v) is 9.92. The number of carbonyl (C=O) groups is 1. The number of fused-ring (bicyclic) bond motifs is 3. The molecule has 1 aliphatic heterocycles.